The van der Waals surface area contributed by atoms with Crippen molar-refractivity contribution in [2.45, 2.75) is 6.42 Å². The number of anilines is 2. The number of nitrogens with zero attached hydrogens (tertiary/aromatic N) is 1. The maximum atomic E-state index is 12.7. The molecule has 2 aromatic carbocycles. The molecule has 0 aliphatic carbocycles. The molecular formula is C23H25N3O4. The molecule has 1 aromatic heterocycles. The molecule has 30 heavy (non-hydrogen) atoms. The number of methoxy groups -OCH3 is 3. The van der Waals surface area contributed by atoms with E-state index in [-0.39, 0.29) is 5.91 Å². The van der Waals surface area contributed by atoms with Crippen molar-refractivity contribution in [3.05, 3.63) is 71.9 Å². The van der Waals surface area contributed by atoms with Crippen LogP contribution in [-0.2, 0) is 6.42 Å². The third-order valence-corrected chi connectivity index (χ3v) is 4.56. The summed E-state index contributed by atoms with van der Waals surface area (Å²) in [6, 6.07) is 16.8. The molecule has 0 atom stereocenters. The van der Waals surface area contributed by atoms with Gasteiger partial charge in [0, 0.05) is 6.54 Å². The third kappa shape index (κ3) is 5.20. The van der Waals surface area contributed by atoms with Crippen LogP contribution in [0.25, 0.3) is 0 Å². The van der Waals surface area contributed by atoms with Crippen LogP contribution in [0.15, 0.2) is 60.8 Å². The van der Waals surface area contributed by atoms with Crippen molar-refractivity contribution in [2.75, 3.05) is 38.5 Å². The molecule has 7 heteroatoms. The van der Waals surface area contributed by atoms with Gasteiger partial charge in [0.1, 0.15) is 28.6 Å². The van der Waals surface area contributed by atoms with Crippen LogP contribution in [0.1, 0.15) is 15.9 Å². The fourth-order valence-corrected chi connectivity index (χ4v) is 2.97. The summed E-state index contributed by atoms with van der Waals surface area (Å²) in [6.45, 7) is 0.740. The molecule has 1 heterocycles. The lowest BCUT2D eigenvalue weighted by Crippen LogP contribution is -2.15. The van der Waals surface area contributed by atoms with E-state index in [2.05, 4.69) is 15.6 Å². The number of ether oxygens (including phenoxy) is 3. The quantitative estimate of drug-likeness (QED) is 0.558. The minimum absolute atomic E-state index is 0.327. The fourth-order valence-electron chi connectivity index (χ4n) is 2.97. The molecule has 3 aromatic rings. The zero-order valence-electron chi connectivity index (χ0n) is 17.3. The summed E-state index contributed by atoms with van der Waals surface area (Å²) in [4.78, 5) is 17.1. The third-order valence-electron chi connectivity index (χ3n) is 4.56. The van der Waals surface area contributed by atoms with Gasteiger partial charge in [-0.2, -0.15) is 0 Å². The Bertz CT molecular complexity index is 950. The van der Waals surface area contributed by atoms with E-state index in [0.29, 0.717) is 22.7 Å². The molecule has 0 bridgehead atoms. The summed E-state index contributed by atoms with van der Waals surface area (Å²) < 4.78 is 15.7. The second-order valence-corrected chi connectivity index (χ2v) is 6.45. The highest BCUT2D eigenvalue weighted by Crippen LogP contribution is 2.29. The standard InChI is InChI=1S/C23H25N3O4/c1-28-18-10-7-16(8-11-18)13-14-24-21-12-9-17(15-25-21)26-23(27)22-19(29-2)5-4-6-20(22)30-3/h4-12,15H,13-14H2,1-3H3,(H,24,25)(H,26,27). The Kier molecular flexibility index (Phi) is 7.10. The van der Waals surface area contributed by atoms with Crippen LogP contribution in [0.5, 0.6) is 17.2 Å². The maximum Gasteiger partial charge on any atom is 0.263 e. The molecule has 0 aliphatic heterocycles. The Balaban J connectivity index is 1.57. The number of hydrogen-bond donors (Lipinski definition) is 2. The van der Waals surface area contributed by atoms with E-state index in [9.17, 15) is 4.79 Å². The molecule has 0 spiro atoms. The summed E-state index contributed by atoms with van der Waals surface area (Å²) in [5.74, 6) is 2.13. The molecule has 0 radical (unpaired) electrons. The Morgan fingerprint density at radius 2 is 1.60 bits per heavy atom. The van der Waals surface area contributed by atoms with Gasteiger partial charge < -0.3 is 24.8 Å². The average molecular weight is 407 g/mol. The lowest BCUT2D eigenvalue weighted by Gasteiger charge is -2.13. The normalized spacial score (nSPS) is 10.2. The minimum Gasteiger partial charge on any atom is -0.497 e. The number of carbonyl (C=O) groups excluding carboxylic acids is 1. The zero-order chi connectivity index (χ0) is 21.3. The largest absolute Gasteiger partial charge is 0.497 e. The van der Waals surface area contributed by atoms with Crippen molar-refractivity contribution in [2.24, 2.45) is 0 Å². The van der Waals surface area contributed by atoms with Crippen LogP contribution < -0.4 is 24.8 Å². The van der Waals surface area contributed by atoms with Crippen molar-refractivity contribution >= 4 is 17.4 Å². The van der Waals surface area contributed by atoms with Gasteiger partial charge in [-0.05, 0) is 48.4 Å². The molecule has 1 amide bonds. The van der Waals surface area contributed by atoms with E-state index in [0.717, 1.165) is 24.5 Å². The van der Waals surface area contributed by atoms with E-state index in [1.165, 1.54) is 19.8 Å². The first-order valence-corrected chi connectivity index (χ1v) is 9.49. The van der Waals surface area contributed by atoms with Crippen LogP contribution in [0.4, 0.5) is 11.5 Å². The van der Waals surface area contributed by atoms with Crippen molar-refractivity contribution in [3.63, 3.8) is 0 Å². The Morgan fingerprint density at radius 1 is 0.900 bits per heavy atom. The molecular weight excluding hydrogens is 382 g/mol. The monoisotopic (exact) mass is 407 g/mol. The van der Waals surface area contributed by atoms with Crippen molar-refractivity contribution in [3.8, 4) is 17.2 Å². The summed E-state index contributed by atoms with van der Waals surface area (Å²) in [6.07, 6.45) is 2.47. The molecule has 0 aliphatic rings. The van der Waals surface area contributed by atoms with Crippen molar-refractivity contribution in [1.82, 2.24) is 4.98 Å². The van der Waals surface area contributed by atoms with Gasteiger partial charge in [-0.15, -0.1) is 0 Å². The second kappa shape index (κ2) is 10.2. The summed E-state index contributed by atoms with van der Waals surface area (Å²) in [5, 5.41) is 6.10. The van der Waals surface area contributed by atoms with Gasteiger partial charge in [0.25, 0.3) is 5.91 Å². The van der Waals surface area contributed by atoms with Crippen LogP contribution in [0.2, 0.25) is 0 Å². The minimum atomic E-state index is -0.327. The van der Waals surface area contributed by atoms with Gasteiger partial charge in [0.2, 0.25) is 0 Å². The number of benzene rings is 2. The second-order valence-electron chi connectivity index (χ2n) is 6.45. The molecule has 156 valence electrons. The predicted octanol–water partition coefficient (Wildman–Crippen LogP) is 4.01. The Labute approximate surface area is 176 Å². The average Bonchev–Trinajstić information content (AvgIpc) is 2.80. The van der Waals surface area contributed by atoms with Gasteiger partial charge in [-0.3, -0.25) is 4.79 Å². The summed E-state index contributed by atoms with van der Waals surface area (Å²) >= 11 is 0. The summed E-state index contributed by atoms with van der Waals surface area (Å²) in [7, 11) is 4.68. The van der Waals surface area contributed by atoms with Crippen molar-refractivity contribution < 1.29 is 19.0 Å². The van der Waals surface area contributed by atoms with Crippen LogP contribution in [0.3, 0.4) is 0 Å². The van der Waals surface area contributed by atoms with E-state index >= 15 is 0 Å². The number of pyridine rings is 1. The predicted molar refractivity (Wildman–Crippen MR) is 117 cm³/mol. The highest BCUT2D eigenvalue weighted by atomic mass is 16.5. The Hall–Kier alpha value is -3.74. The first kappa shape index (κ1) is 21.0. The Morgan fingerprint density at radius 3 is 2.17 bits per heavy atom. The highest BCUT2D eigenvalue weighted by molar-refractivity contribution is 6.08. The highest BCUT2D eigenvalue weighted by Gasteiger charge is 2.18. The van der Waals surface area contributed by atoms with Crippen LogP contribution in [0, 0.1) is 0 Å². The number of rotatable bonds is 9. The number of nitrogens with one attached hydrogen (secondary N) is 2. The molecule has 0 saturated heterocycles. The molecule has 0 saturated carbocycles. The number of hydrogen-bond acceptors (Lipinski definition) is 6. The molecule has 2 N–H and O–H groups in total. The first-order valence-electron chi connectivity index (χ1n) is 9.49. The number of amides is 1. The van der Waals surface area contributed by atoms with Crippen molar-refractivity contribution in [1.29, 1.82) is 0 Å². The molecule has 3 rings (SSSR count). The summed E-state index contributed by atoms with van der Waals surface area (Å²) in [5.41, 5.74) is 2.12. The smallest absolute Gasteiger partial charge is 0.263 e. The van der Waals surface area contributed by atoms with E-state index in [1.807, 2.05) is 30.3 Å². The molecule has 7 nitrogen and oxygen atoms in total. The topological polar surface area (TPSA) is 81.7 Å². The van der Waals surface area contributed by atoms with Gasteiger partial charge in [0.15, 0.2) is 0 Å². The van der Waals surface area contributed by atoms with E-state index in [1.54, 1.807) is 37.6 Å². The van der Waals surface area contributed by atoms with Crippen LogP contribution >= 0.6 is 0 Å². The van der Waals surface area contributed by atoms with E-state index in [4.69, 9.17) is 14.2 Å². The van der Waals surface area contributed by atoms with Crippen LogP contribution in [-0.4, -0.2) is 38.8 Å². The fraction of sp³-hybridized carbons (Fsp3) is 0.217. The SMILES string of the molecule is COc1ccc(CCNc2ccc(NC(=O)c3c(OC)cccc3OC)cn2)cc1. The number of carbonyl (C=O) groups is 1. The van der Waals surface area contributed by atoms with Gasteiger partial charge in [-0.1, -0.05) is 18.2 Å². The van der Waals surface area contributed by atoms with E-state index < -0.39 is 0 Å². The maximum absolute atomic E-state index is 12.7. The lowest BCUT2D eigenvalue weighted by molar-refractivity contribution is 0.102. The first-order chi connectivity index (χ1) is 14.6. The lowest BCUT2D eigenvalue weighted by atomic mass is 10.1. The zero-order valence-corrected chi connectivity index (χ0v) is 17.3. The van der Waals surface area contributed by atoms with Gasteiger partial charge >= 0.3 is 0 Å². The van der Waals surface area contributed by atoms with Gasteiger partial charge in [0.05, 0.1) is 33.2 Å². The molecule has 0 unspecified atom stereocenters. The van der Waals surface area contributed by atoms with Gasteiger partial charge in [-0.25, -0.2) is 4.98 Å². The molecule has 0 fully saturated rings. The number of aromatic nitrogens is 1.